The van der Waals surface area contributed by atoms with Crippen LogP contribution in [0.15, 0.2) is 67.0 Å². The van der Waals surface area contributed by atoms with Gasteiger partial charge in [0.25, 0.3) is 10.2 Å². The van der Waals surface area contributed by atoms with Gasteiger partial charge in [0.05, 0.1) is 50.5 Å². The van der Waals surface area contributed by atoms with Crippen LogP contribution in [0.5, 0.6) is 0 Å². The quantitative estimate of drug-likeness (QED) is 0.118. The van der Waals surface area contributed by atoms with Gasteiger partial charge < -0.3 is 34.6 Å². The highest BCUT2D eigenvalue weighted by molar-refractivity contribution is 7.86. The van der Waals surface area contributed by atoms with Crippen LogP contribution >= 0.6 is 0 Å². The maximum absolute atomic E-state index is 14.0. The summed E-state index contributed by atoms with van der Waals surface area (Å²) >= 11 is 0. The fourth-order valence-electron chi connectivity index (χ4n) is 8.05. The van der Waals surface area contributed by atoms with Crippen LogP contribution in [-0.4, -0.2) is 126 Å². The molecule has 4 aromatic rings. The zero-order valence-corrected chi connectivity index (χ0v) is 38.0. The van der Waals surface area contributed by atoms with Crippen molar-refractivity contribution in [3.8, 4) is 34.2 Å². The number of carbonyl (C=O) groups excluding carboxylic acids is 4. The fourth-order valence-corrected chi connectivity index (χ4v) is 9.16. The molecule has 2 aromatic carbocycles. The van der Waals surface area contributed by atoms with Gasteiger partial charge in [0, 0.05) is 63.3 Å². The smallest absolute Gasteiger partial charge is 0.407 e. The molecule has 2 aliphatic heterocycles. The van der Waals surface area contributed by atoms with E-state index in [0.29, 0.717) is 18.1 Å². The lowest BCUT2D eigenvalue weighted by Crippen LogP contribution is -2.56. The van der Waals surface area contributed by atoms with Gasteiger partial charge in [0.2, 0.25) is 11.8 Å². The molecule has 17 heteroatoms. The first-order valence-corrected chi connectivity index (χ1v) is 22.6. The van der Waals surface area contributed by atoms with Crippen LogP contribution in [0.2, 0.25) is 0 Å². The molecule has 0 saturated carbocycles. The lowest BCUT2D eigenvalue weighted by molar-refractivity contribution is -0.150. The highest BCUT2D eigenvalue weighted by atomic mass is 32.2. The summed E-state index contributed by atoms with van der Waals surface area (Å²) < 4.78 is 38.6. The normalized spacial score (nSPS) is 18.0. The number of imidazole rings is 1. The van der Waals surface area contributed by atoms with Crippen LogP contribution in [0, 0.1) is 29.6 Å². The summed E-state index contributed by atoms with van der Waals surface area (Å²) in [6.07, 6.45) is 4.49. The van der Waals surface area contributed by atoms with E-state index in [9.17, 15) is 27.6 Å². The monoisotopic (exact) mass is 882 g/mol. The van der Waals surface area contributed by atoms with Crippen molar-refractivity contribution in [2.24, 2.45) is 17.8 Å². The molecule has 336 valence electrons. The Morgan fingerprint density at radius 3 is 2.06 bits per heavy atom. The van der Waals surface area contributed by atoms with E-state index >= 15 is 0 Å². The second-order valence-corrected chi connectivity index (χ2v) is 18.9. The maximum atomic E-state index is 14.0. The average Bonchev–Trinajstić information content (AvgIpc) is 4.08. The Morgan fingerprint density at radius 1 is 0.841 bits per heavy atom. The van der Waals surface area contributed by atoms with Crippen LogP contribution < -0.4 is 5.32 Å². The number of piperazine rings is 1. The molecule has 0 spiro atoms. The molecule has 3 N–H and O–H groups in total. The summed E-state index contributed by atoms with van der Waals surface area (Å²) in [6, 6.07) is 16.0. The van der Waals surface area contributed by atoms with E-state index in [0.717, 1.165) is 46.4 Å². The van der Waals surface area contributed by atoms with Crippen molar-refractivity contribution < 1.29 is 37.1 Å². The molecule has 16 nitrogen and oxygen atoms in total. The fraction of sp³-hybridized carbons (Fsp3) is 0.457. The number of rotatable bonds is 13. The lowest BCUT2D eigenvalue weighted by atomic mass is 9.90. The summed E-state index contributed by atoms with van der Waals surface area (Å²) in [5.41, 5.74) is 5.82. The SMILES string of the molecule is COC(=O)C[C@H](C(=O)N1CCN(S(=O)(=O)N(C)C)C[C@H]1c1cc(-c2ccc(C#Cc3ccc(-c4cnc([C@@H]5CCCN5C(=O)[C@@H](NC(=O)OC)C(C)C)[nH]4)cc3)cc2)c[nH]1)C(C)C. The number of H-pyrrole nitrogens is 2. The third-order valence-electron chi connectivity index (χ3n) is 11.8. The number of hydrogen-bond donors (Lipinski definition) is 3. The number of methoxy groups -OCH3 is 2. The molecule has 0 unspecified atom stereocenters. The standard InChI is InChI=1S/C46H58N8O8S/c1-29(2)36(25-41(55)61-7)44(56)54-23-22-52(63(59,60)51(5)6)28-40(54)37-24-35(26-47-37)33-17-13-31(14-18-33)11-12-32-15-19-34(20-16-32)38-27-48-43(49-38)39-10-9-21-53(39)45(57)42(30(3)4)50-46(58)62-8/h13-20,24,26-27,29-30,36,39-40,42,47H,9-10,21-23,25,28H2,1-8H3,(H,48,49)(H,50,58)/t36-,39-,40-,42-/m0/s1. The molecule has 0 bridgehead atoms. The minimum atomic E-state index is -3.75. The molecule has 3 amide bonds. The van der Waals surface area contributed by atoms with Crippen molar-refractivity contribution in [1.29, 1.82) is 0 Å². The molecule has 2 aromatic heterocycles. The Morgan fingerprint density at radius 2 is 1.48 bits per heavy atom. The van der Waals surface area contributed by atoms with E-state index < -0.39 is 40.3 Å². The first-order chi connectivity index (χ1) is 30.0. The Balaban J connectivity index is 1.13. The van der Waals surface area contributed by atoms with Gasteiger partial charge >= 0.3 is 12.1 Å². The van der Waals surface area contributed by atoms with Gasteiger partial charge in [-0.15, -0.1) is 0 Å². The van der Waals surface area contributed by atoms with E-state index in [4.69, 9.17) is 9.47 Å². The molecular weight excluding hydrogens is 825 g/mol. The molecule has 4 atom stereocenters. The van der Waals surface area contributed by atoms with E-state index in [1.807, 2.05) is 88.5 Å². The maximum Gasteiger partial charge on any atom is 0.407 e. The van der Waals surface area contributed by atoms with Crippen LogP contribution in [0.4, 0.5) is 4.79 Å². The number of nitrogens with one attached hydrogen (secondary N) is 3. The number of likely N-dealkylation sites (tertiary alicyclic amines) is 1. The van der Waals surface area contributed by atoms with Crippen molar-refractivity contribution >= 4 is 34.1 Å². The molecular formula is C46H58N8O8S. The lowest BCUT2D eigenvalue weighted by Gasteiger charge is -2.42. The first kappa shape index (κ1) is 46.5. The first-order valence-electron chi connectivity index (χ1n) is 21.2. The summed E-state index contributed by atoms with van der Waals surface area (Å²) in [5.74, 6) is 5.42. The molecule has 6 rings (SSSR count). The number of ether oxygens (including phenoxy) is 2. The minimum absolute atomic E-state index is 0.0485. The Hall–Kier alpha value is -5.96. The predicted octanol–water partition coefficient (Wildman–Crippen LogP) is 5.34. The number of benzene rings is 2. The second-order valence-electron chi connectivity index (χ2n) is 16.8. The molecule has 2 aliphatic rings. The minimum Gasteiger partial charge on any atom is -0.469 e. The summed E-state index contributed by atoms with van der Waals surface area (Å²) in [7, 11) is 1.79. The van der Waals surface area contributed by atoms with Crippen LogP contribution in [0.25, 0.3) is 22.4 Å². The highest BCUT2D eigenvalue weighted by Crippen LogP contribution is 2.35. The van der Waals surface area contributed by atoms with Crippen molar-refractivity contribution in [2.45, 2.75) is 65.1 Å². The topological polar surface area (TPSA) is 190 Å². The number of alkyl carbamates (subject to hydrolysis) is 1. The number of nitrogens with zero attached hydrogens (tertiary/aromatic N) is 5. The van der Waals surface area contributed by atoms with E-state index in [1.54, 1.807) is 16.0 Å². The largest absolute Gasteiger partial charge is 0.469 e. The van der Waals surface area contributed by atoms with Gasteiger partial charge in [-0.25, -0.2) is 9.78 Å². The van der Waals surface area contributed by atoms with Gasteiger partial charge in [0.15, 0.2) is 0 Å². The van der Waals surface area contributed by atoms with Crippen molar-refractivity contribution in [3.05, 3.63) is 89.6 Å². The molecule has 2 saturated heterocycles. The number of aromatic nitrogens is 3. The number of aromatic amines is 2. The van der Waals surface area contributed by atoms with Crippen molar-refractivity contribution in [3.63, 3.8) is 0 Å². The average molecular weight is 883 g/mol. The second kappa shape index (κ2) is 20.0. The Bertz CT molecular complexity index is 2430. The zero-order valence-electron chi connectivity index (χ0n) is 37.2. The highest BCUT2D eigenvalue weighted by Gasteiger charge is 2.41. The van der Waals surface area contributed by atoms with E-state index in [-0.39, 0.29) is 55.7 Å². The summed E-state index contributed by atoms with van der Waals surface area (Å²) in [4.78, 5) is 66.6. The molecule has 2 fully saturated rings. The number of hydrogen-bond acceptors (Lipinski definition) is 9. The van der Waals surface area contributed by atoms with Gasteiger partial charge in [-0.3, -0.25) is 14.4 Å². The molecule has 4 heterocycles. The third kappa shape index (κ3) is 10.6. The Kier molecular flexibility index (Phi) is 14.8. The Labute approximate surface area is 369 Å². The van der Waals surface area contributed by atoms with Crippen LogP contribution in [-0.2, 0) is 34.1 Å². The van der Waals surface area contributed by atoms with Crippen molar-refractivity contribution in [2.75, 3.05) is 54.5 Å². The molecule has 0 aliphatic carbocycles. The predicted molar refractivity (Wildman–Crippen MR) is 238 cm³/mol. The number of amides is 3. The van der Waals surface area contributed by atoms with Crippen molar-refractivity contribution in [1.82, 2.24) is 38.7 Å². The van der Waals surface area contributed by atoms with Gasteiger partial charge in [-0.05, 0) is 71.7 Å². The van der Waals surface area contributed by atoms with E-state index in [2.05, 4.69) is 32.1 Å². The number of carbonyl (C=O) groups is 4. The number of esters is 1. The van der Waals surface area contributed by atoms with Crippen LogP contribution in [0.3, 0.4) is 0 Å². The molecule has 63 heavy (non-hydrogen) atoms. The summed E-state index contributed by atoms with van der Waals surface area (Å²) in [5, 5.41) is 2.68. The van der Waals surface area contributed by atoms with Gasteiger partial charge in [-0.2, -0.15) is 17.0 Å². The molecule has 0 radical (unpaired) electrons. The summed E-state index contributed by atoms with van der Waals surface area (Å²) in [6.45, 7) is 8.46. The van der Waals surface area contributed by atoms with Gasteiger partial charge in [-0.1, -0.05) is 63.8 Å². The van der Waals surface area contributed by atoms with Crippen LogP contribution in [0.1, 0.15) is 81.7 Å². The third-order valence-corrected chi connectivity index (χ3v) is 13.7. The zero-order chi connectivity index (χ0) is 45.6. The van der Waals surface area contributed by atoms with E-state index in [1.165, 1.54) is 36.9 Å². The van der Waals surface area contributed by atoms with Gasteiger partial charge in [0.1, 0.15) is 11.9 Å².